The van der Waals surface area contributed by atoms with Crippen LogP contribution in [0.4, 0.5) is 5.69 Å². The van der Waals surface area contributed by atoms with Crippen LogP contribution in [0.2, 0.25) is 0 Å². The van der Waals surface area contributed by atoms with Crippen molar-refractivity contribution in [2.24, 2.45) is 5.92 Å². The van der Waals surface area contributed by atoms with Crippen LogP contribution >= 0.6 is 38.5 Å². The van der Waals surface area contributed by atoms with E-state index in [4.69, 9.17) is 5.26 Å². The fraction of sp³-hybridized carbons (Fsp3) is 0.333. The van der Waals surface area contributed by atoms with Gasteiger partial charge in [-0.1, -0.05) is 13.3 Å². The molecule has 0 aliphatic carbocycles. The van der Waals surface area contributed by atoms with Crippen molar-refractivity contribution in [3.63, 3.8) is 0 Å². The third kappa shape index (κ3) is 4.28. The highest BCUT2D eigenvalue weighted by atomic mass is 127. The highest BCUT2D eigenvalue weighted by molar-refractivity contribution is 14.1. The Labute approximate surface area is 123 Å². The van der Waals surface area contributed by atoms with Gasteiger partial charge in [-0.05, 0) is 63.1 Å². The number of carbonyl (C=O) groups is 1. The lowest BCUT2D eigenvalue weighted by Crippen LogP contribution is -2.21. The fourth-order valence-electron chi connectivity index (χ4n) is 1.35. The van der Waals surface area contributed by atoms with Gasteiger partial charge in [0.1, 0.15) is 5.92 Å². The fourth-order valence-corrected chi connectivity index (χ4v) is 2.11. The molecule has 1 rings (SSSR count). The van der Waals surface area contributed by atoms with Gasteiger partial charge in [-0.25, -0.2) is 0 Å². The number of rotatable bonds is 4. The maximum absolute atomic E-state index is 11.8. The number of hydrogen-bond donors (Lipinski definition) is 1. The molecule has 0 saturated heterocycles. The molecule has 0 saturated carbocycles. The van der Waals surface area contributed by atoms with Crippen LogP contribution in [0.5, 0.6) is 0 Å². The van der Waals surface area contributed by atoms with Gasteiger partial charge in [-0.3, -0.25) is 4.79 Å². The van der Waals surface area contributed by atoms with Crippen molar-refractivity contribution >= 4 is 50.1 Å². The lowest BCUT2D eigenvalue weighted by molar-refractivity contribution is -0.118. The Balaban J connectivity index is 2.74. The van der Waals surface area contributed by atoms with E-state index in [9.17, 15) is 4.79 Å². The number of amides is 1. The van der Waals surface area contributed by atoms with Crippen LogP contribution in [-0.2, 0) is 4.79 Å². The SMILES string of the molecule is CCCC(C#N)C(=O)Nc1ccc(Br)c(I)c1. The minimum Gasteiger partial charge on any atom is -0.325 e. The zero-order valence-corrected chi connectivity index (χ0v) is 13.1. The molecule has 1 N–H and O–H groups in total. The first kappa shape index (κ1) is 14.5. The predicted molar refractivity (Wildman–Crippen MR) is 79.5 cm³/mol. The molecule has 1 atom stereocenters. The van der Waals surface area contributed by atoms with Crippen molar-refractivity contribution in [2.75, 3.05) is 5.32 Å². The third-order valence-electron chi connectivity index (χ3n) is 2.24. The number of nitrogens with zero attached hydrogens (tertiary/aromatic N) is 1. The molecule has 0 heterocycles. The van der Waals surface area contributed by atoms with Gasteiger partial charge in [0.2, 0.25) is 5.91 Å². The number of benzene rings is 1. The highest BCUT2D eigenvalue weighted by Gasteiger charge is 2.16. The van der Waals surface area contributed by atoms with E-state index >= 15 is 0 Å². The Bertz CT molecular complexity index is 456. The molecular formula is C12H12BrIN2O. The molecule has 17 heavy (non-hydrogen) atoms. The van der Waals surface area contributed by atoms with Gasteiger partial charge < -0.3 is 5.32 Å². The van der Waals surface area contributed by atoms with Crippen LogP contribution in [-0.4, -0.2) is 5.91 Å². The van der Waals surface area contributed by atoms with Crippen LogP contribution in [0.3, 0.4) is 0 Å². The quantitative estimate of drug-likeness (QED) is 0.770. The lowest BCUT2D eigenvalue weighted by Gasteiger charge is -2.09. The van der Waals surface area contributed by atoms with Gasteiger partial charge in [0.15, 0.2) is 0 Å². The first-order valence-electron chi connectivity index (χ1n) is 5.24. The molecule has 0 fully saturated rings. The monoisotopic (exact) mass is 406 g/mol. The maximum atomic E-state index is 11.8. The Morgan fingerprint density at radius 3 is 2.88 bits per heavy atom. The second kappa shape index (κ2) is 6.97. The van der Waals surface area contributed by atoms with Crippen molar-refractivity contribution in [1.82, 2.24) is 0 Å². The Kier molecular flexibility index (Phi) is 5.92. The summed E-state index contributed by atoms with van der Waals surface area (Å²) in [7, 11) is 0. The Morgan fingerprint density at radius 2 is 2.35 bits per heavy atom. The molecule has 0 aliphatic rings. The molecule has 3 nitrogen and oxygen atoms in total. The summed E-state index contributed by atoms with van der Waals surface area (Å²) in [6.07, 6.45) is 1.42. The minimum absolute atomic E-state index is 0.229. The van der Waals surface area contributed by atoms with Crippen LogP contribution in [0.25, 0.3) is 0 Å². The first-order valence-corrected chi connectivity index (χ1v) is 7.11. The van der Waals surface area contributed by atoms with E-state index in [2.05, 4.69) is 43.8 Å². The van der Waals surface area contributed by atoms with Crippen molar-refractivity contribution in [3.8, 4) is 6.07 Å². The van der Waals surface area contributed by atoms with E-state index in [0.717, 1.165) is 20.2 Å². The van der Waals surface area contributed by atoms with Crippen molar-refractivity contribution in [1.29, 1.82) is 5.26 Å². The number of halogens is 2. The third-order valence-corrected chi connectivity index (χ3v) is 4.56. The van der Waals surface area contributed by atoms with Crippen LogP contribution in [0, 0.1) is 20.8 Å². The van der Waals surface area contributed by atoms with Crippen molar-refractivity contribution < 1.29 is 4.79 Å². The topological polar surface area (TPSA) is 52.9 Å². The summed E-state index contributed by atoms with van der Waals surface area (Å²) in [6.45, 7) is 1.96. The summed E-state index contributed by atoms with van der Waals surface area (Å²) in [5.41, 5.74) is 0.721. The average molecular weight is 407 g/mol. The lowest BCUT2D eigenvalue weighted by atomic mass is 10.0. The van der Waals surface area contributed by atoms with Crippen LogP contribution in [0.15, 0.2) is 22.7 Å². The molecule has 0 spiro atoms. The summed E-state index contributed by atoms with van der Waals surface area (Å²) in [6, 6.07) is 7.57. The van der Waals surface area contributed by atoms with E-state index in [1.807, 2.05) is 31.2 Å². The van der Waals surface area contributed by atoms with Gasteiger partial charge in [-0.2, -0.15) is 5.26 Å². The van der Waals surface area contributed by atoms with Crippen molar-refractivity contribution in [2.45, 2.75) is 19.8 Å². The second-order valence-electron chi connectivity index (χ2n) is 3.59. The largest absolute Gasteiger partial charge is 0.325 e. The first-order chi connectivity index (χ1) is 8.08. The van der Waals surface area contributed by atoms with E-state index < -0.39 is 5.92 Å². The molecule has 5 heteroatoms. The molecule has 0 bridgehead atoms. The van der Waals surface area contributed by atoms with E-state index in [-0.39, 0.29) is 5.91 Å². The minimum atomic E-state index is -0.568. The van der Waals surface area contributed by atoms with Gasteiger partial charge in [-0.15, -0.1) is 0 Å². The highest BCUT2D eigenvalue weighted by Crippen LogP contribution is 2.23. The van der Waals surface area contributed by atoms with Gasteiger partial charge in [0, 0.05) is 13.7 Å². The maximum Gasteiger partial charge on any atom is 0.241 e. The van der Waals surface area contributed by atoms with Crippen LogP contribution in [0.1, 0.15) is 19.8 Å². The summed E-state index contributed by atoms with van der Waals surface area (Å²) in [5, 5.41) is 11.6. The standard InChI is InChI=1S/C12H12BrIN2O/c1-2-3-8(7-15)12(17)16-9-4-5-10(13)11(14)6-9/h4-6,8H,2-3H2,1H3,(H,16,17). The van der Waals surface area contributed by atoms with Gasteiger partial charge >= 0.3 is 0 Å². The zero-order chi connectivity index (χ0) is 12.8. The summed E-state index contributed by atoms with van der Waals surface area (Å²) >= 11 is 5.57. The van der Waals surface area contributed by atoms with E-state index in [1.165, 1.54) is 0 Å². The predicted octanol–water partition coefficient (Wildman–Crippen LogP) is 3.93. The molecule has 1 amide bonds. The zero-order valence-electron chi connectivity index (χ0n) is 9.34. The van der Waals surface area contributed by atoms with Crippen molar-refractivity contribution in [3.05, 3.63) is 26.2 Å². The summed E-state index contributed by atoms with van der Waals surface area (Å²) in [4.78, 5) is 11.8. The smallest absolute Gasteiger partial charge is 0.241 e. The molecule has 90 valence electrons. The number of nitriles is 1. The van der Waals surface area contributed by atoms with E-state index in [1.54, 1.807) is 0 Å². The number of carbonyl (C=O) groups excluding carboxylic acids is 1. The molecular weight excluding hydrogens is 395 g/mol. The van der Waals surface area contributed by atoms with Gasteiger partial charge in [0.05, 0.1) is 6.07 Å². The summed E-state index contributed by atoms with van der Waals surface area (Å²) < 4.78 is 2.01. The number of anilines is 1. The molecule has 0 radical (unpaired) electrons. The second-order valence-corrected chi connectivity index (χ2v) is 5.61. The number of hydrogen-bond acceptors (Lipinski definition) is 2. The normalized spacial score (nSPS) is 11.6. The molecule has 1 aromatic carbocycles. The molecule has 0 aliphatic heterocycles. The molecule has 1 unspecified atom stereocenters. The van der Waals surface area contributed by atoms with E-state index in [0.29, 0.717) is 6.42 Å². The van der Waals surface area contributed by atoms with Crippen LogP contribution < -0.4 is 5.32 Å². The van der Waals surface area contributed by atoms with Gasteiger partial charge in [0.25, 0.3) is 0 Å². The number of nitrogens with one attached hydrogen (secondary N) is 1. The molecule has 0 aromatic heterocycles. The molecule has 1 aromatic rings. The Hall–Kier alpha value is -0.610. The summed E-state index contributed by atoms with van der Waals surface area (Å²) in [5.74, 6) is -0.797. The Morgan fingerprint density at radius 1 is 1.65 bits per heavy atom. The average Bonchev–Trinajstić information content (AvgIpc) is 2.30.